The molecule has 0 aliphatic rings. The van der Waals surface area contributed by atoms with Crippen molar-refractivity contribution in [2.24, 2.45) is 0 Å². The van der Waals surface area contributed by atoms with Crippen molar-refractivity contribution in [3.8, 4) is 5.75 Å². The Morgan fingerprint density at radius 2 is 1.71 bits per heavy atom. The summed E-state index contributed by atoms with van der Waals surface area (Å²) in [6.45, 7) is 3.75. The smallest absolute Gasteiger partial charge is 0.269 e. The monoisotopic (exact) mass is 483 g/mol. The van der Waals surface area contributed by atoms with Crippen LogP contribution in [0.4, 0.5) is 11.4 Å². The van der Waals surface area contributed by atoms with Gasteiger partial charge in [0.05, 0.1) is 22.1 Å². The van der Waals surface area contributed by atoms with E-state index in [1.807, 2.05) is 32.0 Å². The van der Waals surface area contributed by atoms with Crippen LogP contribution >= 0.6 is 0 Å². The van der Waals surface area contributed by atoms with Crippen LogP contribution in [-0.2, 0) is 14.8 Å². The number of sulfonamides is 1. The lowest BCUT2D eigenvalue weighted by atomic mass is 10.1. The number of carbonyl (C=O) groups is 1. The van der Waals surface area contributed by atoms with Gasteiger partial charge in [0.15, 0.2) is 0 Å². The topological polar surface area (TPSA) is 119 Å². The Balaban J connectivity index is 1.72. The van der Waals surface area contributed by atoms with Gasteiger partial charge in [-0.15, -0.1) is 0 Å². The average Bonchev–Trinajstić information content (AvgIpc) is 2.83. The van der Waals surface area contributed by atoms with Crippen molar-refractivity contribution < 1.29 is 22.9 Å². The van der Waals surface area contributed by atoms with Gasteiger partial charge in [-0.2, -0.15) is 0 Å². The maximum absolute atomic E-state index is 13.3. The van der Waals surface area contributed by atoms with Crippen molar-refractivity contribution in [2.75, 3.05) is 24.0 Å². The van der Waals surface area contributed by atoms with E-state index in [2.05, 4.69) is 5.32 Å². The van der Waals surface area contributed by atoms with E-state index in [1.165, 1.54) is 36.4 Å². The highest BCUT2D eigenvalue weighted by Gasteiger charge is 2.27. The van der Waals surface area contributed by atoms with Gasteiger partial charge < -0.3 is 10.1 Å². The fraction of sp³-hybridized carbons (Fsp3) is 0.208. The molecule has 0 aromatic heterocycles. The lowest BCUT2D eigenvalue weighted by molar-refractivity contribution is -0.384. The highest BCUT2D eigenvalue weighted by atomic mass is 32.2. The number of aryl methyl sites for hydroxylation is 2. The molecule has 0 bridgehead atoms. The number of nitrogens with one attached hydrogen (secondary N) is 1. The lowest BCUT2D eigenvalue weighted by Gasteiger charge is -2.24. The first-order valence-electron chi connectivity index (χ1n) is 10.5. The van der Waals surface area contributed by atoms with Crippen molar-refractivity contribution in [1.82, 2.24) is 5.32 Å². The maximum Gasteiger partial charge on any atom is 0.269 e. The van der Waals surface area contributed by atoms with Crippen LogP contribution in [0.1, 0.15) is 11.1 Å². The number of carbonyl (C=O) groups excluding carboxylic acids is 1. The zero-order chi connectivity index (χ0) is 24.7. The Kier molecular flexibility index (Phi) is 7.85. The molecule has 34 heavy (non-hydrogen) atoms. The fourth-order valence-corrected chi connectivity index (χ4v) is 4.62. The van der Waals surface area contributed by atoms with Gasteiger partial charge in [0.1, 0.15) is 18.9 Å². The molecule has 0 aliphatic carbocycles. The van der Waals surface area contributed by atoms with Crippen molar-refractivity contribution in [3.63, 3.8) is 0 Å². The Labute approximate surface area is 198 Å². The maximum atomic E-state index is 13.3. The van der Waals surface area contributed by atoms with Crippen LogP contribution in [-0.4, -0.2) is 38.9 Å². The van der Waals surface area contributed by atoms with Crippen LogP contribution in [0.25, 0.3) is 0 Å². The molecule has 0 heterocycles. The molecule has 9 nitrogen and oxygen atoms in total. The molecule has 10 heteroatoms. The third-order valence-corrected chi connectivity index (χ3v) is 6.78. The van der Waals surface area contributed by atoms with E-state index >= 15 is 0 Å². The molecular weight excluding hydrogens is 458 g/mol. The number of hydrogen-bond donors (Lipinski definition) is 1. The summed E-state index contributed by atoms with van der Waals surface area (Å²) in [6, 6.07) is 18.5. The number of hydrogen-bond acceptors (Lipinski definition) is 6. The minimum absolute atomic E-state index is 0.000547. The van der Waals surface area contributed by atoms with Crippen LogP contribution in [0.5, 0.6) is 5.75 Å². The molecular formula is C24H25N3O6S. The number of nitro groups is 1. The van der Waals surface area contributed by atoms with Crippen molar-refractivity contribution in [3.05, 3.63) is 94.0 Å². The number of amides is 1. The summed E-state index contributed by atoms with van der Waals surface area (Å²) in [5, 5.41) is 13.6. The quantitative estimate of drug-likeness (QED) is 0.267. The van der Waals surface area contributed by atoms with Crippen molar-refractivity contribution in [1.29, 1.82) is 0 Å². The SMILES string of the molecule is Cc1ccc(C)c(OCCNC(=O)CN(c2ccc([N+](=O)[O-])cc2)S(=O)(=O)c2ccccc2)c1. The molecule has 0 saturated carbocycles. The number of nitro benzene ring substituents is 1. The number of anilines is 1. The molecule has 3 rings (SSSR count). The molecule has 1 N–H and O–H groups in total. The Hall–Kier alpha value is -3.92. The van der Waals surface area contributed by atoms with Gasteiger partial charge in [0.2, 0.25) is 5.91 Å². The lowest BCUT2D eigenvalue weighted by Crippen LogP contribution is -2.41. The average molecular weight is 484 g/mol. The summed E-state index contributed by atoms with van der Waals surface area (Å²) in [5.74, 6) is 0.177. The highest BCUT2D eigenvalue weighted by molar-refractivity contribution is 7.92. The zero-order valence-electron chi connectivity index (χ0n) is 18.8. The molecule has 0 atom stereocenters. The molecule has 0 aliphatic heterocycles. The van der Waals surface area contributed by atoms with E-state index in [0.717, 1.165) is 15.4 Å². The summed E-state index contributed by atoms with van der Waals surface area (Å²) < 4.78 is 33.2. The molecule has 178 valence electrons. The molecule has 0 fully saturated rings. The number of non-ortho nitro benzene ring substituents is 1. The molecule has 0 saturated heterocycles. The van der Waals surface area contributed by atoms with Crippen LogP contribution in [0.3, 0.4) is 0 Å². The minimum Gasteiger partial charge on any atom is -0.491 e. The number of nitrogens with zero attached hydrogens (tertiary/aromatic N) is 2. The predicted molar refractivity (Wildman–Crippen MR) is 128 cm³/mol. The molecule has 0 spiro atoms. The second-order valence-corrected chi connectivity index (χ2v) is 9.43. The Bertz CT molecular complexity index is 1260. The number of benzene rings is 3. The molecule has 0 unspecified atom stereocenters. The molecule has 3 aromatic rings. The van der Waals surface area contributed by atoms with Crippen LogP contribution in [0.15, 0.2) is 77.7 Å². The fourth-order valence-electron chi connectivity index (χ4n) is 3.18. The van der Waals surface area contributed by atoms with Crippen molar-refractivity contribution >= 4 is 27.3 Å². The van der Waals surface area contributed by atoms with Gasteiger partial charge in [0.25, 0.3) is 15.7 Å². The van der Waals surface area contributed by atoms with Gasteiger partial charge in [-0.1, -0.05) is 30.3 Å². The summed E-state index contributed by atoms with van der Waals surface area (Å²) in [7, 11) is -4.09. The van der Waals surface area contributed by atoms with Gasteiger partial charge in [0, 0.05) is 12.1 Å². The largest absolute Gasteiger partial charge is 0.491 e. The normalized spacial score (nSPS) is 11.0. The minimum atomic E-state index is -4.09. The van der Waals surface area contributed by atoms with Gasteiger partial charge in [-0.05, 0) is 55.3 Å². The van der Waals surface area contributed by atoms with Crippen LogP contribution in [0.2, 0.25) is 0 Å². The van der Waals surface area contributed by atoms with Crippen LogP contribution < -0.4 is 14.4 Å². The standard InChI is InChI=1S/C24H25N3O6S/c1-18-8-9-19(2)23(16-18)33-15-14-25-24(28)17-26(20-10-12-21(13-11-20)27(29)30)34(31,32)22-6-4-3-5-7-22/h3-13,16H,14-15,17H2,1-2H3,(H,25,28). The molecule has 3 aromatic carbocycles. The summed E-state index contributed by atoms with van der Waals surface area (Å²) in [4.78, 5) is 23.0. The van der Waals surface area contributed by atoms with Crippen LogP contribution in [0, 0.1) is 24.0 Å². The number of rotatable bonds is 10. The first kappa shape index (κ1) is 24.7. The summed E-state index contributed by atoms with van der Waals surface area (Å²) in [5.41, 5.74) is 1.97. The second-order valence-electron chi connectivity index (χ2n) is 7.57. The van der Waals surface area contributed by atoms with Gasteiger partial charge in [-0.25, -0.2) is 8.42 Å². The third-order valence-electron chi connectivity index (χ3n) is 4.99. The van der Waals surface area contributed by atoms with E-state index in [0.29, 0.717) is 5.75 Å². The van der Waals surface area contributed by atoms with Crippen molar-refractivity contribution in [2.45, 2.75) is 18.7 Å². The Morgan fingerprint density at radius 1 is 1.03 bits per heavy atom. The second kappa shape index (κ2) is 10.8. The highest BCUT2D eigenvalue weighted by Crippen LogP contribution is 2.25. The first-order chi connectivity index (χ1) is 16.2. The van der Waals surface area contributed by atoms with Gasteiger partial charge >= 0.3 is 0 Å². The predicted octanol–water partition coefficient (Wildman–Crippen LogP) is 3.60. The zero-order valence-corrected chi connectivity index (χ0v) is 19.6. The van der Waals surface area contributed by atoms with E-state index < -0.39 is 27.4 Å². The summed E-state index contributed by atoms with van der Waals surface area (Å²) in [6.07, 6.45) is 0. The van der Waals surface area contributed by atoms with E-state index in [9.17, 15) is 23.3 Å². The van der Waals surface area contributed by atoms with Gasteiger partial charge in [-0.3, -0.25) is 19.2 Å². The third kappa shape index (κ3) is 6.10. The molecule has 0 radical (unpaired) electrons. The summed E-state index contributed by atoms with van der Waals surface area (Å²) >= 11 is 0. The van der Waals surface area contributed by atoms with E-state index in [4.69, 9.17) is 4.74 Å². The van der Waals surface area contributed by atoms with E-state index in [1.54, 1.807) is 18.2 Å². The first-order valence-corrected chi connectivity index (χ1v) is 11.9. The van der Waals surface area contributed by atoms with E-state index in [-0.39, 0.29) is 29.4 Å². The molecule has 1 amide bonds. The number of ether oxygens (including phenoxy) is 1. The Morgan fingerprint density at radius 3 is 2.35 bits per heavy atom.